The van der Waals surface area contributed by atoms with Crippen molar-refractivity contribution >= 4 is 31.3 Å². The second-order valence-electron chi connectivity index (χ2n) is 4.40. The lowest BCUT2D eigenvalue weighted by atomic mass is 10.1. The highest BCUT2D eigenvalue weighted by Gasteiger charge is 2.29. The largest absolute Gasteiger partial charge is 0.308 e. The number of carbonyl (C=O) groups is 1. The van der Waals surface area contributed by atoms with Crippen molar-refractivity contribution in [2.24, 2.45) is 0 Å². The fourth-order valence-electron chi connectivity index (χ4n) is 2.12. The van der Waals surface area contributed by atoms with Crippen molar-refractivity contribution in [2.45, 2.75) is 12.8 Å². The van der Waals surface area contributed by atoms with E-state index < -0.39 is 9.05 Å². The predicted molar refractivity (Wildman–Crippen MR) is 75.4 cm³/mol. The number of unbranched alkanes of at least 4 members (excludes halogenated alkanes) is 1. The van der Waals surface area contributed by atoms with Gasteiger partial charge in [0.05, 0.1) is 5.75 Å². The minimum absolute atomic E-state index is 0.0734. The van der Waals surface area contributed by atoms with Gasteiger partial charge in [0.2, 0.25) is 9.05 Å². The molecule has 0 N–H and O–H groups in total. The Kier molecular flexibility index (Phi) is 3.96. The smallest absolute Gasteiger partial charge is 0.258 e. The Bertz CT molecular complexity index is 590. The molecule has 2 rings (SSSR count). The molecule has 0 fully saturated rings. The van der Waals surface area contributed by atoms with E-state index in [-0.39, 0.29) is 11.7 Å². The molecule has 4 nitrogen and oxygen atoms in total. The first-order valence-corrected chi connectivity index (χ1v) is 8.40. The lowest BCUT2D eigenvalue weighted by molar-refractivity contribution is 0.0849. The van der Waals surface area contributed by atoms with Gasteiger partial charge < -0.3 is 4.90 Å². The molecular weight excluding hydrogens is 286 g/mol. The third-order valence-electron chi connectivity index (χ3n) is 3.06. The molecule has 0 aromatic heterocycles. The number of fused-ring (bicyclic) bond motifs is 1. The van der Waals surface area contributed by atoms with Gasteiger partial charge in [0.1, 0.15) is 0 Å². The van der Waals surface area contributed by atoms with E-state index in [4.69, 9.17) is 10.7 Å². The topological polar surface area (TPSA) is 54.5 Å². The summed E-state index contributed by atoms with van der Waals surface area (Å²) in [6.07, 6.45) is 1.00. The summed E-state index contributed by atoms with van der Waals surface area (Å²) in [7, 11) is 1.68. The molecule has 1 aromatic carbocycles. The van der Waals surface area contributed by atoms with Gasteiger partial charge in [-0.3, -0.25) is 4.79 Å². The maximum absolute atomic E-state index is 12.1. The highest BCUT2D eigenvalue weighted by Crippen LogP contribution is 2.31. The van der Waals surface area contributed by atoms with Crippen molar-refractivity contribution in [2.75, 3.05) is 12.3 Å². The molecule has 0 spiro atoms. The second-order valence-corrected chi connectivity index (χ2v) is 7.30. The zero-order valence-electron chi connectivity index (χ0n) is 10.3. The van der Waals surface area contributed by atoms with Crippen LogP contribution in [0.2, 0.25) is 0 Å². The van der Waals surface area contributed by atoms with Crippen molar-refractivity contribution < 1.29 is 13.2 Å². The summed E-state index contributed by atoms with van der Waals surface area (Å²) in [5.74, 6) is -0.148. The summed E-state index contributed by atoms with van der Waals surface area (Å²) in [5.41, 5.74) is 2.17. The molecule has 19 heavy (non-hydrogen) atoms. The molecule has 0 aliphatic carbocycles. The first-order valence-electron chi connectivity index (χ1n) is 5.92. The third kappa shape index (κ3) is 3.16. The van der Waals surface area contributed by atoms with Crippen LogP contribution >= 0.6 is 10.7 Å². The standard InChI is InChI=1S/C13H14ClNO3S/c1-10-11-6-2-3-7-12(11)13(16)15(10)8-4-5-9-19(14,17)18/h2-3,6-7H,1,4-5,8-9H2. The van der Waals surface area contributed by atoms with Gasteiger partial charge in [-0.15, -0.1) is 0 Å². The number of amides is 1. The average Bonchev–Trinajstić information content (AvgIpc) is 2.58. The zero-order chi connectivity index (χ0) is 14.0. The fourth-order valence-corrected chi connectivity index (χ4v) is 2.99. The van der Waals surface area contributed by atoms with Crippen LogP contribution in [0.4, 0.5) is 0 Å². The Labute approximate surface area is 117 Å². The van der Waals surface area contributed by atoms with Crippen LogP contribution in [0.3, 0.4) is 0 Å². The van der Waals surface area contributed by atoms with Gasteiger partial charge in [0.15, 0.2) is 0 Å². The predicted octanol–water partition coefficient (Wildman–Crippen LogP) is 2.46. The Morgan fingerprint density at radius 3 is 2.37 bits per heavy atom. The lowest BCUT2D eigenvalue weighted by Gasteiger charge is -2.16. The Balaban J connectivity index is 1.97. The van der Waals surface area contributed by atoms with E-state index in [9.17, 15) is 13.2 Å². The molecule has 0 atom stereocenters. The number of carbonyl (C=O) groups excluding carboxylic acids is 1. The van der Waals surface area contributed by atoms with Gasteiger partial charge in [0, 0.05) is 34.1 Å². The summed E-state index contributed by atoms with van der Waals surface area (Å²) < 4.78 is 21.6. The van der Waals surface area contributed by atoms with E-state index in [1.807, 2.05) is 18.2 Å². The van der Waals surface area contributed by atoms with Crippen LogP contribution in [0.5, 0.6) is 0 Å². The number of hydrogen-bond donors (Lipinski definition) is 0. The minimum Gasteiger partial charge on any atom is -0.308 e. The summed E-state index contributed by atoms with van der Waals surface area (Å²) in [6.45, 7) is 4.37. The number of nitrogens with zero attached hydrogens (tertiary/aromatic N) is 1. The highest BCUT2D eigenvalue weighted by molar-refractivity contribution is 8.13. The SMILES string of the molecule is C=C1c2ccccc2C(=O)N1CCCCS(=O)(=O)Cl. The van der Waals surface area contributed by atoms with E-state index in [0.717, 1.165) is 5.56 Å². The maximum Gasteiger partial charge on any atom is 0.258 e. The van der Waals surface area contributed by atoms with Crippen molar-refractivity contribution in [3.63, 3.8) is 0 Å². The van der Waals surface area contributed by atoms with Crippen LogP contribution in [-0.2, 0) is 9.05 Å². The van der Waals surface area contributed by atoms with Gasteiger partial charge in [-0.2, -0.15) is 0 Å². The van der Waals surface area contributed by atoms with Crippen LogP contribution in [0.1, 0.15) is 28.8 Å². The van der Waals surface area contributed by atoms with Crippen LogP contribution in [0, 0.1) is 0 Å². The summed E-state index contributed by atoms with van der Waals surface area (Å²) in [5, 5.41) is 0. The monoisotopic (exact) mass is 299 g/mol. The highest BCUT2D eigenvalue weighted by atomic mass is 35.7. The third-order valence-corrected chi connectivity index (χ3v) is 4.30. The van der Waals surface area contributed by atoms with Gasteiger partial charge in [-0.05, 0) is 18.9 Å². The van der Waals surface area contributed by atoms with Crippen LogP contribution in [-0.4, -0.2) is 31.5 Å². The molecule has 1 aromatic rings. The molecule has 0 saturated heterocycles. The van der Waals surface area contributed by atoms with Crippen molar-refractivity contribution in [3.8, 4) is 0 Å². The van der Waals surface area contributed by atoms with Crippen LogP contribution in [0.15, 0.2) is 30.8 Å². The average molecular weight is 300 g/mol. The molecule has 6 heteroatoms. The van der Waals surface area contributed by atoms with Crippen LogP contribution in [0.25, 0.3) is 5.70 Å². The number of rotatable bonds is 5. The van der Waals surface area contributed by atoms with Crippen LogP contribution < -0.4 is 0 Å². The molecule has 1 heterocycles. The van der Waals surface area contributed by atoms with E-state index in [2.05, 4.69) is 6.58 Å². The van der Waals surface area contributed by atoms with E-state index in [1.54, 1.807) is 11.0 Å². The molecule has 102 valence electrons. The Morgan fingerprint density at radius 1 is 1.16 bits per heavy atom. The first-order chi connectivity index (χ1) is 8.90. The van der Waals surface area contributed by atoms with Gasteiger partial charge >= 0.3 is 0 Å². The lowest BCUT2D eigenvalue weighted by Crippen LogP contribution is -2.24. The molecule has 1 aliphatic heterocycles. The van der Waals surface area contributed by atoms with E-state index in [0.29, 0.717) is 30.6 Å². The maximum atomic E-state index is 12.1. The minimum atomic E-state index is -3.45. The summed E-state index contributed by atoms with van der Waals surface area (Å²) in [6, 6.07) is 7.30. The van der Waals surface area contributed by atoms with Gasteiger partial charge in [0.25, 0.3) is 5.91 Å². The Morgan fingerprint density at radius 2 is 1.79 bits per heavy atom. The molecular formula is C13H14ClNO3S. The molecule has 1 aliphatic rings. The van der Waals surface area contributed by atoms with Gasteiger partial charge in [-0.1, -0.05) is 24.8 Å². The number of hydrogen-bond acceptors (Lipinski definition) is 3. The zero-order valence-corrected chi connectivity index (χ0v) is 11.9. The molecule has 1 amide bonds. The first kappa shape index (κ1) is 14.1. The molecule has 0 unspecified atom stereocenters. The number of benzene rings is 1. The summed E-state index contributed by atoms with van der Waals surface area (Å²) in [4.78, 5) is 13.7. The Hall–Kier alpha value is -1.33. The molecule has 0 bridgehead atoms. The molecule has 0 saturated carbocycles. The number of halogens is 1. The van der Waals surface area contributed by atoms with Crippen molar-refractivity contribution in [1.29, 1.82) is 0 Å². The van der Waals surface area contributed by atoms with Crippen molar-refractivity contribution in [3.05, 3.63) is 42.0 Å². The van der Waals surface area contributed by atoms with Gasteiger partial charge in [-0.25, -0.2) is 8.42 Å². The fraction of sp³-hybridized carbons (Fsp3) is 0.308. The normalized spacial score (nSPS) is 14.9. The van der Waals surface area contributed by atoms with E-state index >= 15 is 0 Å². The van der Waals surface area contributed by atoms with E-state index in [1.165, 1.54) is 0 Å². The van der Waals surface area contributed by atoms with Crippen molar-refractivity contribution in [1.82, 2.24) is 4.90 Å². The summed E-state index contributed by atoms with van der Waals surface area (Å²) >= 11 is 0. The quantitative estimate of drug-likeness (QED) is 0.620. The second kappa shape index (κ2) is 5.35. The molecule has 0 radical (unpaired) electrons.